The number of benzene rings is 2. The van der Waals surface area contributed by atoms with Gasteiger partial charge in [0.15, 0.2) is 0 Å². The molecule has 4 rings (SSSR count). The van der Waals surface area contributed by atoms with Crippen LogP contribution in [0, 0.1) is 12.7 Å². The molecule has 0 saturated heterocycles. The fourth-order valence-corrected chi connectivity index (χ4v) is 3.54. The van der Waals surface area contributed by atoms with E-state index in [1.807, 2.05) is 36.9 Å². The van der Waals surface area contributed by atoms with Crippen molar-refractivity contribution >= 4 is 23.6 Å². The molecule has 0 fully saturated rings. The fraction of sp³-hybridized carbons (Fsp3) is 0.286. The predicted octanol–water partition coefficient (Wildman–Crippen LogP) is 3.78. The van der Waals surface area contributed by atoms with Gasteiger partial charge < -0.3 is 10.1 Å². The van der Waals surface area contributed by atoms with Crippen LogP contribution in [-0.2, 0) is 0 Å². The third kappa shape index (κ3) is 3.41. The minimum atomic E-state index is -0.365. The molecule has 2 aromatic carbocycles. The predicted molar refractivity (Wildman–Crippen MR) is 110 cm³/mol. The molecule has 1 unspecified atom stereocenters. The van der Waals surface area contributed by atoms with Crippen LogP contribution in [0.25, 0.3) is 0 Å². The maximum atomic E-state index is 13.4. The van der Waals surface area contributed by atoms with E-state index in [2.05, 4.69) is 15.3 Å². The smallest absolute Gasteiger partial charge is 0.353 e. The van der Waals surface area contributed by atoms with Crippen molar-refractivity contribution in [2.75, 3.05) is 25.5 Å². The molecule has 150 valence electrons. The van der Waals surface area contributed by atoms with E-state index in [-0.39, 0.29) is 17.9 Å². The van der Waals surface area contributed by atoms with Crippen LogP contribution in [0.2, 0.25) is 0 Å². The van der Waals surface area contributed by atoms with E-state index >= 15 is 0 Å². The monoisotopic (exact) mass is 395 g/mol. The van der Waals surface area contributed by atoms with E-state index in [1.54, 1.807) is 19.2 Å². The molecule has 0 saturated carbocycles. The minimum Gasteiger partial charge on any atom is -0.497 e. The molecule has 0 bridgehead atoms. The molecule has 2 amide bonds. The molecule has 1 atom stereocenters. The summed E-state index contributed by atoms with van der Waals surface area (Å²) < 4.78 is 18.7. The highest BCUT2D eigenvalue weighted by atomic mass is 19.1. The molecular formula is C21H22FN5O2. The second-order valence-electron chi connectivity index (χ2n) is 6.85. The van der Waals surface area contributed by atoms with Crippen molar-refractivity contribution in [1.29, 1.82) is 0 Å². The van der Waals surface area contributed by atoms with Gasteiger partial charge in [-0.15, -0.1) is 0 Å². The lowest BCUT2D eigenvalue weighted by Gasteiger charge is -2.36. The number of halogens is 1. The molecule has 8 heteroatoms. The average molecular weight is 395 g/mol. The van der Waals surface area contributed by atoms with Crippen LogP contribution in [0.15, 0.2) is 52.4 Å². The van der Waals surface area contributed by atoms with Gasteiger partial charge in [0.25, 0.3) is 0 Å². The number of aliphatic imine (C=N–C) groups is 2. The van der Waals surface area contributed by atoms with Crippen LogP contribution in [-0.4, -0.2) is 47.9 Å². The van der Waals surface area contributed by atoms with E-state index in [9.17, 15) is 9.18 Å². The minimum absolute atomic E-state index is 0.183. The van der Waals surface area contributed by atoms with Gasteiger partial charge >= 0.3 is 6.03 Å². The fourth-order valence-electron chi connectivity index (χ4n) is 3.54. The van der Waals surface area contributed by atoms with Crippen LogP contribution in [0.5, 0.6) is 5.75 Å². The quantitative estimate of drug-likeness (QED) is 0.855. The Bertz CT molecular complexity index is 1000. The Balaban J connectivity index is 1.71. The van der Waals surface area contributed by atoms with E-state index in [0.717, 1.165) is 22.6 Å². The number of hydrogen-bond acceptors (Lipinski definition) is 5. The Kier molecular flexibility index (Phi) is 4.92. The van der Waals surface area contributed by atoms with E-state index < -0.39 is 0 Å². The van der Waals surface area contributed by atoms with E-state index in [4.69, 9.17) is 4.74 Å². The highest BCUT2D eigenvalue weighted by Gasteiger charge is 2.41. The second-order valence-corrected chi connectivity index (χ2v) is 6.85. The van der Waals surface area contributed by atoms with E-state index in [1.165, 1.54) is 17.0 Å². The highest BCUT2D eigenvalue weighted by Crippen LogP contribution is 2.32. The van der Waals surface area contributed by atoms with Crippen LogP contribution in [0.3, 0.4) is 0 Å². The number of urea groups is 1. The summed E-state index contributed by atoms with van der Waals surface area (Å²) in [4.78, 5) is 24.9. The Labute approximate surface area is 168 Å². The van der Waals surface area contributed by atoms with Gasteiger partial charge in [-0.2, -0.15) is 4.99 Å². The summed E-state index contributed by atoms with van der Waals surface area (Å²) in [5.74, 6) is 1.41. The Morgan fingerprint density at radius 3 is 2.66 bits per heavy atom. The van der Waals surface area contributed by atoms with Crippen LogP contribution >= 0.6 is 0 Å². The van der Waals surface area contributed by atoms with Gasteiger partial charge in [-0.3, -0.25) is 9.80 Å². The van der Waals surface area contributed by atoms with Gasteiger partial charge in [0.05, 0.1) is 19.7 Å². The van der Waals surface area contributed by atoms with Crippen LogP contribution in [0.4, 0.5) is 14.9 Å². The largest absolute Gasteiger partial charge is 0.497 e. The Morgan fingerprint density at radius 2 is 2.00 bits per heavy atom. The topological polar surface area (TPSA) is 69.5 Å². The van der Waals surface area contributed by atoms with Crippen molar-refractivity contribution in [1.82, 2.24) is 9.80 Å². The van der Waals surface area contributed by atoms with Crippen molar-refractivity contribution in [3.63, 3.8) is 0 Å². The number of carbonyl (C=O) groups excluding carboxylic acids is 1. The van der Waals surface area contributed by atoms with Crippen molar-refractivity contribution in [2.24, 2.45) is 9.98 Å². The number of aryl methyl sites for hydroxylation is 1. The zero-order valence-corrected chi connectivity index (χ0v) is 16.5. The molecule has 7 nitrogen and oxygen atoms in total. The first kappa shape index (κ1) is 18.9. The first-order chi connectivity index (χ1) is 14.0. The standard InChI is InChI=1S/C21H22FN5O2/c1-4-26-20-23-12-18(14-5-7-15(22)8-6-14)27(20)19(25-21(26)28)24-17-10-9-16(29-3)11-13(17)2/h5-11,18H,4,12H2,1-3H3,(H,24,25,28). The highest BCUT2D eigenvalue weighted by molar-refractivity contribution is 6.17. The number of hydrogen-bond donors (Lipinski definition) is 1. The second kappa shape index (κ2) is 7.54. The molecule has 0 radical (unpaired) electrons. The number of rotatable bonds is 4. The van der Waals surface area contributed by atoms with Gasteiger partial charge in [0.2, 0.25) is 11.9 Å². The molecule has 0 aromatic heterocycles. The van der Waals surface area contributed by atoms with Crippen LogP contribution in [0.1, 0.15) is 24.1 Å². The van der Waals surface area contributed by atoms with Gasteiger partial charge in [-0.05, 0) is 55.3 Å². The van der Waals surface area contributed by atoms with Crippen LogP contribution < -0.4 is 10.1 Å². The third-order valence-electron chi connectivity index (χ3n) is 5.09. The first-order valence-electron chi connectivity index (χ1n) is 9.42. The molecule has 2 aliphatic heterocycles. The summed E-state index contributed by atoms with van der Waals surface area (Å²) >= 11 is 0. The Hall–Kier alpha value is -3.42. The summed E-state index contributed by atoms with van der Waals surface area (Å²) in [6.45, 7) is 4.74. The van der Waals surface area contributed by atoms with Crippen molar-refractivity contribution < 1.29 is 13.9 Å². The third-order valence-corrected chi connectivity index (χ3v) is 5.09. The summed E-state index contributed by atoms with van der Waals surface area (Å²) in [7, 11) is 1.62. The number of carbonyl (C=O) groups is 1. The number of methoxy groups -OCH3 is 1. The van der Waals surface area contributed by atoms with E-state index in [0.29, 0.717) is 25.0 Å². The molecular weight excluding hydrogens is 373 g/mol. The molecule has 29 heavy (non-hydrogen) atoms. The normalized spacial score (nSPS) is 18.3. The Morgan fingerprint density at radius 1 is 1.24 bits per heavy atom. The molecule has 0 spiro atoms. The van der Waals surface area contributed by atoms with Gasteiger partial charge in [0, 0.05) is 12.2 Å². The lowest BCUT2D eigenvalue weighted by atomic mass is 10.1. The summed E-state index contributed by atoms with van der Waals surface area (Å²) in [5, 5.41) is 3.28. The number of anilines is 1. The van der Waals surface area contributed by atoms with Gasteiger partial charge in [-0.25, -0.2) is 14.2 Å². The summed E-state index contributed by atoms with van der Waals surface area (Å²) in [5.41, 5.74) is 2.66. The SMILES string of the molecule is CCN1C(=O)N=C(Nc2ccc(OC)cc2C)N2C1=NCC2c1ccc(F)cc1. The van der Waals surface area contributed by atoms with Gasteiger partial charge in [-0.1, -0.05) is 12.1 Å². The molecule has 2 aromatic rings. The number of guanidine groups is 2. The maximum Gasteiger partial charge on any atom is 0.353 e. The van der Waals surface area contributed by atoms with Gasteiger partial charge in [0.1, 0.15) is 11.6 Å². The summed E-state index contributed by atoms with van der Waals surface area (Å²) in [6.07, 6.45) is 0. The number of nitrogens with zero attached hydrogens (tertiary/aromatic N) is 4. The average Bonchev–Trinajstić information content (AvgIpc) is 3.15. The maximum absolute atomic E-state index is 13.4. The molecule has 0 aliphatic carbocycles. The number of amides is 2. The first-order valence-corrected chi connectivity index (χ1v) is 9.42. The lowest BCUT2D eigenvalue weighted by Crippen LogP contribution is -2.54. The summed E-state index contributed by atoms with van der Waals surface area (Å²) in [6, 6.07) is 11.4. The van der Waals surface area contributed by atoms with Crippen molar-refractivity contribution in [3.05, 3.63) is 59.4 Å². The number of nitrogens with one attached hydrogen (secondary N) is 1. The van der Waals surface area contributed by atoms with Crippen molar-refractivity contribution in [2.45, 2.75) is 19.9 Å². The zero-order chi connectivity index (χ0) is 20.5. The number of fused-ring (bicyclic) bond motifs is 1. The number of ether oxygens (including phenoxy) is 1. The zero-order valence-electron chi connectivity index (χ0n) is 16.5. The lowest BCUT2D eigenvalue weighted by molar-refractivity contribution is 0.225. The molecule has 1 N–H and O–H groups in total. The molecule has 2 heterocycles. The van der Waals surface area contributed by atoms with Crippen molar-refractivity contribution in [3.8, 4) is 5.75 Å². The molecule has 2 aliphatic rings.